The van der Waals surface area contributed by atoms with Crippen LogP contribution in [0.4, 0.5) is 0 Å². The van der Waals surface area contributed by atoms with Gasteiger partial charge in [0.1, 0.15) is 0 Å². The summed E-state index contributed by atoms with van der Waals surface area (Å²) in [5.74, 6) is -1.33. The lowest BCUT2D eigenvalue weighted by atomic mass is 10.1. The number of carboxylic acids is 1. The van der Waals surface area contributed by atoms with E-state index in [9.17, 15) is 13.2 Å². The van der Waals surface area contributed by atoms with Crippen molar-refractivity contribution >= 4 is 16.0 Å². The molecule has 0 aromatic rings. The minimum Gasteiger partial charge on any atom is -0.480 e. The first-order valence-corrected chi connectivity index (χ1v) is 6.96. The first kappa shape index (κ1) is 14.4. The lowest BCUT2D eigenvalue weighted by Crippen LogP contribution is -2.56. The molecule has 0 radical (unpaired) electrons. The standard InChI is InChI=1S/C10H19NO5S/c1-7-5-11(6-10(3,4)16-7)17(14,15)8(2)9(12)13/h7-8H,5-6H2,1-4H3,(H,12,13). The van der Waals surface area contributed by atoms with E-state index in [-0.39, 0.29) is 19.2 Å². The molecule has 17 heavy (non-hydrogen) atoms. The molecule has 1 N–H and O–H groups in total. The molecule has 0 aromatic carbocycles. The van der Waals surface area contributed by atoms with E-state index in [0.29, 0.717) is 0 Å². The topological polar surface area (TPSA) is 83.9 Å². The predicted octanol–water partition coefficient (Wildman–Crippen LogP) is 0.289. The number of rotatable bonds is 3. The Morgan fingerprint density at radius 2 is 2.06 bits per heavy atom. The Kier molecular flexibility index (Phi) is 3.85. The third-order valence-electron chi connectivity index (χ3n) is 2.69. The highest BCUT2D eigenvalue weighted by atomic mass is 32.2. The summed E-state index contributed by atoms with van der Waals surface area (Å²) in [5.41, 5.74) is -0.594. The van der Waals surface area contributed by atoms with Crippen LogP contribution in [-0.4, -0.2) is 53.8 Å². The number of hydrogen-bond donors (Lipinski definition) is 1. The van der Waals surface area contributed by atoms with E-state index in [1.165, 1.54) is 11.2 Å². The summed E-state index contributed by atoms with van der Waals surface area (Å²) in [7, 11) is -3.81. The van der Waals surface area contributed by atoms with Crippen molar-refractivity contribution in [2.45, 2.75) is 44.6 Å². The number of aliphatic carboxylic acids is 1. The van der Waals surface area contributed by atoms with Crippen LogP contribution in [0.3, 0.4) is 0 Å². The third kappa shape index (κ3) is 3.17. The van der Waals surface area contributed by atoms with Crippen LogP contribution in [0.2, 0.25) is 0 Å². The van der Waals surface area contributed by atoms with Gasteiger partial charge in [0.2, 0.25) is 10.0 Å². The highest BCUT2D eigenvalue weighted by molar-refractivity contribution is 7.90. The van der Waals surface area contributed by atoms with Gasteiger partial charge in [0.25, 0.3) is 0 Å². The van der Waals surface area contributed by atoms with Crippen LogP contribution in [0, 0.1) is 0 Å². The summed E-state index contributed by atoms with van der Waals surface area (Å²) in [6.07, 6.45) is -0.241. The van der Waals surface area contributed by atoms with Gasteiger partial charge in [-0.2, -0.15) is 4.31 Å². The molecule has 7 heteroatoms. The van der Waals surface area contributed by atoms with Crippen molar-refractivity contribution in [1.82, 2.24) is 4.31 Å². The molecular formula is C10H19NO5S. The molecular weight excluding hydrogens is 246 g/mol. The van der Waals surface area contributed by atoms with Crippen molar-refractivity contribution in [3.05, 3.63) is 0 Å². The van der Waals surface area contributed by atoms with Crippen molar-refractivity contribution in [3.8, 4) is 0 Å². The van der Waals surface area contributed by atoms with Crippen molar-refractivity contribution in [1.29, 1.82) is 0 Å². The van der Waals surface area contributed by atoms with Gasteiger partial charge >= 0.3 is 5.97 Å². The second kappa shape index (κ2) is 4.55. The fourth-order valence-corrected chi connectivity index (χ4v) is 3.55. The quantitative estimate of drug-likeness (QED) is 0.793. The Hall–Kier alpha value is -0.660. The SMILES string of the molecule is CC1CN(S(=O)(=O)C(C)C(=O)O)CC(C)(C)O1. The second-order valence-corrected chi connectivity index (χ2v) is 7.26. The summed E-state index contributed by atoms with van der Waals surface area (Å²) < 4.78 is 30.9. The maximum atomic E-state index is 12.0. The first-order valence-electron chi connectivity index (χ1n) is 5.46. The molecule has 0 aliphatic carbocycles. The highest BCUT2D eigenvalue weighted by Gasteiger charge is 2.41. The van der Waals surface area contributed by atoms with Gasteiger partial charge in [0.05, 0.1) is 11.7 Å². The van der Waals surface area contributed by atoms with Crippen molar-refractivity contribution in [2.24, 2.45) is 0 Å². The van der Waals surface area contributed by atoms with Gasteiger partial charge in [-0.25, -0.2) is 8.42 Å². The van der Waals surface area contributed by atoms with E-state index < -0.39 is 26.8 Å². The van der Waals surface area contributed by atoms with Gasteiger partial charge in [-0.3, -0.25) is 4.79 Å². The molecule has 0 amide bonds. The minimum absolute atomic E-state index is 0.178. The summed E-state index contributed by atoms with van der Waals surface area (Å²) >= 11 is 0. The number of carboxylic acid groups (broad SMARTS) is 1. The molecule has 1 fully saturated rings. The molecule has 0 saturated carbocycles. The molecule has 1 rings (SSSR count). The van der Waals surface area contributed by atoms with E-state index in [2.05, 4.69) is 0 Å². The molecule has 0 bridgehead atoms. The van der Waals surface area contributed by atoms with Crippen molar-refractivity contribution in [3.63, 3.8) is 0 Å². The largest absolute Gasteiger partial charge is 0.480 e. The zero-order valence-electron chi connectivity index (χ0n) is 10.5. The fraction of sp³-hybridized carbons (Fsp3) is 0.900. The molecule has 1 aliphatic heterocycles. The lowest BCUT2D eigenvalue weighted by molar-refractivity contribution is -0.136. The number of carbonyl (C=O) groups is 1. The van der Waals surface area contributed by atoms with Gasteiger partial charge in [-0.1, -0.05) is 0 Å². The summed E-state index contributed by atoms with van der Waals surface area (Å²) in [4.78, 5) is 10.8. The normalized spacial score (nSPS) is 27.6. The Morgan fingerprint density at radius 1 is 1.53 bits per heavy atom. The van der Waals surface area contributed by atoms with Crippen LogP contribution in [-0.2, 0) is 19.6 Å². The molecule has 6 nitrogen and oxygen atoms in total. The van der Waals surface area contributed by atoms with E-state index in [4.69, 9.17) is 9.84 Å². The van der Waals surface area contributed by atoms with Crippen molar-refractivity contribution in [2.75, 3.05) is 13.1 Å². The monoisotopic (exact) mass is 265 g/mol. The molecule has 2 unspecified atom stereocenters. The predicted molar refractivity (Wildman–Crippen MR) is 62.2 cm³/mol. The Labute approximate surface area is 102 Å². The number of morpholine rings is 1. The maximum Gasteiger partial charge on any atom is 0.323 e. The van der Waals surface area contributed by atoms with Gasteiger partial charge < -0.3 is 9.84 Å². The van der Waals surface area contributed by atoms with Crippen LogP contribution in [0.15, 0.2) is 0 Å². The van der Waals surface area contributed by atoms with E-state index in [1.807, 2.05) is 0 Å². The summed E-state index contributed by atoms with van der Waals surface area (Å²) in [6, 6.07) is 0. The van der Waals surface area contributed by atoms with Gasteiger partial charge in [0, 0.05) is 13.1 Å². The van der Waals surface area contributed by atoms with E-state index in [1.54, 1.807) is 20.8 Å². The minimum atomic E-state index is -3.81. The number of hydrogen-bond acceptors (Lipinski definition) is 4. The molecule has 100 valence electrons. The molecule has 1 heterocycles. The van der Waals surface area contributed by atoms with Crippen LogP contribution in [0.25, 0.3) is 0 Å². The number of ether oxygens (including phenoxy) is 1. The molecule has 2 atom stereocenters. The average molecular weight is 265 g/mol. The number of sulfonamides is 1. The summed E-state index contributed by atoms with van der Waals surface area (Å²) in [5, 5.41) is 7.38. The smallest absolute Gasteiger partial charge is 0.323 e. The molecule has 0 spiro atoms. The van der Waals surface area contributed by atoms with Gasteiger partial charge in [-0.05, 0) is 27.7 Å². The maximum absolute atomic E-state index is 12.0. The Bertz CT molecular complexity index is 403. The second-order valence-electron chi connectivity index (χ2n) is 5.01. The van der Waals surface area contributed by atoms with Crippen molar-refractivity contribution < 1.29 is 23.1 Å². The molecule has 1 saturated heterocycles. The number of nitrogens with zero attached hydrogens (tertiary/aromatic N) is 1. The zero-order valence-corrected chi connectivity index (χ0v) is 11.3. The summed E-state index contributed by atoms with van der Waals surface area (Å²) in [6.45, 7) is 6.91. The lowest BCUT2D eigenvalue weighted by Gasteiger charge is -2.41. The van der Waals surface area contributed by atoms with Gasteiger partial charge in [-0.15, -0.1) is 0 Å². The van der Waals surface area contributed by atoms with E-state index in [0.717, 1.165) is 0 Å². The highest BCUT2D eigenvalue weighted by Crippen LogP contribution is 2.24. The molecule has 0 aromatic heterocycles. The third-order valence-corrected chi connectivity index (χ3v) is 4.79. The van der Waals surface area contributed by atoms with Crippen LogP contribution >= 0.6 is 0 Å². The van der Waals surface area contributed by atoms with Gasteiger partial charge in [0.15, 0.2) is 5.25 Å². The van der Waals surface area contributed by atoms with Crippen LogP contribution in [0.1, 0.15) is 27.7 Å². The first-order chi connectivity index (χ1) is 7.56. The fourth-order valence-electron chi connectivity index (χ4n) is 1.94. The van der Waals surface area contributed by atoms with E-state index >= 15 is 0 Å². The molecule has 1 aliphatic rings. The van der Waals surface area contributed by atoms with Crippen LogP contribution in [0.5, 0.6) is 0 Å². The Balaban J connectivity index is 2.96. The zero-order chi connectivity index (χ0) is 13.4. The average Bonchev–Trinajstić information content (AvgIpc) is 2.13. The van der Waals surface area contributed by atoms with Crippen LogP contribution < -0.4 is 0 Å². The Morgan fingerprint density at radius 3 is 2.47 bits per heavy atom.